The Balaban J connectivity index is 2.46. The molecule has 1 aromatic rings. The van der Waals surface area contributed by atoms with Crippen LogP contribution >= 0.6 is 0 Å². The summed E-state index contributed by atoms with van der Waals surface area (Å²) >= 11 is 0. The van der Waals surface area contributed by atoms with E-state index in [1.807, 2.05) is 0 Å². The molecule has 0 unspecified atom stereocenters. The van der Waals surface area contributed by atoms with Crippen LogP contribution in [0.15, 0.2) is 12.1 Å². The zero-order valence-corrected chi connectivity index (χ0v) is 12.7. The van der Waals surface area contributed by atoms with Crippen molar-refractivity contribution in [3.8, 4) is 0 Å². The molecule has 0 fully saturated rings. The second-order valence-corrected chi connectivity index (χ2v) is 7.76. The van der Waals surface area contributed by atoms with Gasteiger partial charge in [0.2, 0.25) is 0 Å². The van der Waals surface area contributed by atoms with Crippen LogP contribution in [0.2, 0.25) is 0 Å². The van der Waals surface area contributed by atoms with E-state index in [2.05, 4.69) is 53.7 Å². The summed E-state index contributed by atoms with van der Waals surface area (Å²) in [5, 5.41) is 0. The van der Waals surface area contributed by atoms with Gasteiger partial charge in [-0.2, -0.15) is 0 Å². The quantitative estimate of drug-likeness (QED) is 0.703. The summed E-state index contributed by atoms with van der Waals surface area (Å²) in [6.07, 6.45) is 1.13. The van der Waals surface area contributed by atoms with Gasteiger partial charge in [-0.3, -0.25) is 0 Å². The van der Waals surface area contributed by atoms with Gasteiger partial charge < -0.3 is 4.74 Å². The lowest BCUT2D eigenvalue weighted by Gasteiger charge is -2.25. The minimum atomic E-state index is 0.200. The molecule has 2 rings (SSSR count). The first-order valence-corrected chi connectivity index (χ1v) is 6.90. The standard InChI is InChI=1S/C17H26O/c1-16(2,3)9-12-7-13-10-18-11-14(13)15(8-12)17(4,5)6/h7-8H,9-11H2,1-6H3. The Labute approximate surface area is 112 Å². The van der Waals surface area contributed by atoms with Crippen LogP contribution in [0.25, 0.3) is 0 Å². The molecule has 1 nitrogen and oxygen atoms in total. The maximum absolute atomic E-state index is 5.64. The maximum Gasteiger partial charge on any atom is 0.0727 e. The third-order valence-corrected chi connectivity index (χ3v) is 3.45. The second-order valence-electron chi connectivity index (χ2n) is 7.76. The van der Waals surface area contributed by atoms with E-state index in [1.165, 1.54) is 22.3 Å². The number of hydrogen-bond acceptors (Lipinski definition) is 1. The molecule has 1 aromatic carbocycles. The van der Waals surface area contributed by atoms with Crippen LogP contribution in [0.3, 0.4) is 0 Å². The lowest BCUT2D eigenvalue weighted by molar-refractivity contribution is 0.134. The molecule has 0 bridgehead atoms. The average Bonchev–Trinajstić information content (AvgIpc) is 2.59. The van der Waals surface area contributed by atoms with E-state index in [0.717, 1.165) is 19.6 Å². The van der Waals surface area contributed by atoms with Gasteiger partial charge in [-0.05, 0) is 39.5 Å². The van der Waals surface area contributed by atoms with Crippen molar-refractivity contribution in [3.05, 3.63) is 34.4 Å². The Kier molecular flexibility index (Phi) is 3.31. The van der Waals surface area contributed by atoms with Gasteiger partial charge >= 0.3 is 0 Å². The third-order valence-electron chi connectivity index (χ3n) is 3.45. The summed E-state index contributed by atoms with van der Waals surface area (Å²) in [6, 6.07) is 4.75. The number of benzene rings is 1. The highest BCUT2D eigenvalue weighted by atomic mass is 16.5. The van der Waals surface area contributed by atoms with Crippen molar-refractivity contribution in [2.45, 2.75) is 66.6 Å². The van der Waals surface area contributed by atoms with Gasteiger partial charge in [0, 0.05) is 0 Å². The first-order chi connectivity index (χ1) is 8.17. The molecule has 1 aliphatic heterocycles. The summed E-state index contributed by atoms with van der Waals surface area (Å²) in [5.74, 6) is 0. The van der Waals surface area contributed by atoms with Crippen molar-refractivity contribution in [1.29, 1.82) is 0 Å². The first-order valence-electron chi connectivity index (χ1n) is 6.90. The predicted molar refractivity (Wildman–Crippen MR) is 76.8 cm³/mol. The molecule has 0 radical (unpaired) electrons. The Morgan fingerprint density at radius 3 is 2.22 bits per heavy atom. The van der Waals surface area contributed by atoms with E-state index in [-0.39, 0.29) is 5.41 Å². The summed E-state index contributed by atoms with van der Waals surface area (Å²) in [7, 11) is 0. The van der Waals surface area contributed by atoms with Crippen LogP contribution in [0.5, 0.6) is 0 Å². The largest absolute Gasteiger partial charge is 0.372 e. The predicted octanol–water partition coefficient (Wildman–Crippen LogP) is 4.60. The topological polar surface area (TPSA) is 9.23 Å². The van der Waals surface area contributed by atoms with E-state index >= 15 is 0 Å². The smallest absolute Gasteiger partial charge is 0.0727 e. The fraction of sp³-hybridized carbons (Fsp3) is 0.647. The van der Waals surface area contributed by atoms with Gasteiger partial charge in [-0.25, -0.2) is 0 Å². The summed E-state index contributed by atoms with van der Waals surface area (Å²) in [6.45, 7) is 15.4. The molecule has 0 aromatic heterocycles. The molecule has 0 atom stereocenters. The van der Waals surface area contributed by atoms with Gasteiger partial charge in [-0.1, -0.05) is 53.7 Å². The van der Waals surface area contributed by atoms with Crippen molar-refractivity contribution in [3.63, 3.8) is 0 Å². The minimum absolute atomic E-state index is 0.200. The SMILES string of the molecule is CC(C)(C)Cc1cc2c(c(C(C)(C)C)c1)COC2. The van der Waals surface area contributed by atoms with E-state index in [4.69, 9.17) is 4.74 Å². The van der Waals surface area contributed by atoms with Gasteiger partial charge in [0.1, 0.15) is 0 Å². The highest BCUT2D eigenvalue weighted by Gasteiger charge is 2.25. The summed E-state index contributed by atoms with van der Waals surface area (Å²) in [5.41, 5.74) is 6.30. The van der Waals surface area contributed by atoms with Crippen molar-refractivity contribution >= 4 is 0 Å². The average molecular weight is 246 g/mol. The van der Waals surface area contributed by atoms with Gasteiger partial charge in [-0.15, -0.1) is 0 Å². The zero-order chi connectivity index (χ0) is 13.6. The Morgan fingerprint density at radius 2 is 1.67 bits per heavy atom. The number of rotatable bonds is 1. The lowest BCUT2D eigenvalue weighted by atomic mass is 9.79. The molecule has 1 aliphatic rings. The van der Waals surface area contributed by atoms with Crippen molar-refractivity contribution in [1.82, 2.24) is 0 Å². The van der Waals surface area contributed by atoms with Gasteiger partial charge in [0.15, 0.2) is 0 Å². The van der Waals surface area contributed by atoms with Crippen molar-refractivity contribution in [2.24, 2.45) is 5.41 Å². The summed E-state index contributed by atoms with van der Waals surface area (Å²) < 4.78 is 5.64. The summed E-state index contributed by atoms with van der Waals surface area (Å²) in [4.78, 5) is 0. The molecule has 1 heterocycles. The first kappa shape index (κ1) is 13.6. The normalized spacial score (nSPS) is 15.9. The van der Waals surface area contributed by atoms with Crippen molar-refractivity contribution < 1.29 is 4.74 Å². The highest BCUT2D eigenvalue weighted by molar-refractivity contribution is 5.44. The van der Waals surface area contributed by atoms with E-state index < -0.39 is 0 Å². The molecule has 0 aliphatic carbocycles. The van der Waals surface area contributed by atoms with Crippen molar-refractivity contribution in [2.75, 3.05) is 0 Å². The molecule has 100 valence electrons. The van der Waals surface area contributed by atoms with Gasteiger partial charge in [0.25, 0.3) is 0 Å². The van der Waals surface area contributed by atoms with Gasteiger partial charge in [0.05, 0.1) is 13.2 Å². The number of fused-ring (bicyclic) bond motifs is 1. The van der Waals surface area contributed by atoms with Crippen LogP contribution in [-0.2, 0) is 29.8 Å². The van der Waals surface area contributed by atoms with Crippen LogP contribution < -0.4 is 0 Å². The Morgan fingerprint density at radius 1 is 1.00 bits per heavy atom. The van der Waals surface area contributed by atoms with E-state index in [9.17, 15) is 0 Å². The molecule has 1 heteroatoms. The lowest BCUT2D eigenvalue weighted by Crippen LogP contribution is -2.16. The molecule has 0 N–H and O–H groups in total. The molecule has 0 saturated heterocycles. The fourth-order valence-corrected chi connectivity index (χ4v) is 2.74. The van der Waals surface area contributed by atoms with E-state index in [1.54, 1.807) is 0 Å². The molecular weight excluding hydrogens is 220 g/mol. The monoisotopic (exact) mass is 246 g/mol. The number of hydrogen-bond donors (Lipinski definition) is 0. The van der Waals surface area contributed by atoms with Crippen LogP contribution in [0.4, 0.5) is 0 Å². The zero-order valence-electron chi connectivity index (χ0n) is 12.7. The Bertz CT molecular complexity index is 444. The minimum Gasteiger partial charge on any atom is -0.372 e. The fourth-order valence-electron chi connectivity index (χ4n) is 2.74. The number of ether oxygens (including phenoxy) is 1. The maximum atomic E-state index is 5.64. The highest BCUT2D eigenvalue weighted by Crippen LogP contribution is 2.35. The van der Waals surface area contributed by atoms with Crippen LogP contribution in [0.1, 0.15) is 63.8 Å². The van der Waals surface area contributed by atoms with E-state index in [0.29, 0.717) is 5.41 Å². The Hall–Kier alpha value is -0.820. The molecule has 18 heavy (non-hydrogen) atoms. The third kappa shape index (κ3) is 2.95. The molecular formula is C17H26O. The molecule has 0 amide bonds. The molecule has 0 saturated carbocycles. The van der Waals surface area contributed by atoms with Crippen LogP contribution in [-0.4, -0.2) is 0 Å². The van der Waals surface area contributed by atoms with Crippen LogP contribution in [0, 0.1) is 5.41 Å². The second kappa shape index (κ2) is 4.38. The molecule has 0 spiro atoms.